The van der Waals surface area contributed by atoms with Gasteiger partial charge in [-0.15, -0.1) is 0 Å². The van der Waals surface area contributed by atoms with Crippen molar-refractivity contribution in [3.05, 3.63) is 30.3 Å². The van der Waals surface area contributed by atoms with E-state index in [2.05, 4.69) is 33.6 Å². The van der Waals surface area contributed by atoms with Crippen molar-refractivity contribution in [1.29, 1.82) is 0 Å². The fourth-order valence-corrected chi connectivity index (χ4v) is 8.04. The smallest absolute Gasteiger partial charge is 0.235 e. The van der Waals surface area contributed by atoms with Gasteiger partial charge in [-0.05, 0) is 59.7 Å². The third-order valence-electron chi connectivity index (χ3n) is 9.30. The summed E-state index contributed by atoms with van der Waals surface area (Å²) >= 11 is 0. The van der Waals surface area contributed by atoms with Crippen LogP contribution in [-0.2, 0) is 10.0 Å². The molecule has 1 aliphatic carbocycles. The number of benzene rings is 1. The molecule has 3 aliphatic heterocycles. The lowest BCUT2D eigenvalue weighted by Gasteiger charge is -2.38. The second-order valence-corrected chi connectivity index (χ2v) is 15.0. The van der Waals surface area contributed by atoms with Crippen molar-refractivity contribution in [2.45, 2.75) is 62.7 Å². The van der Waals surface area contributed by atoms with Crippen LogP contribution in [0.1, 0.15) is 39.5 Å². The topological polar surface area (TPSA) is 114 Å². The number of aliphatic hydroxyl groups is 1. The van der Waals surface area contributed by atoms with Crippen LogP contribution in [-0.4, -0.2) is 92.4 Å². The minimum atomic E-state index is -3.62. The van der Waals surface area contributed by atoms with Crippen LogP contribution in [0.2, 0.25) is 0 Å². The number of ether oxygens (including phenoxy) is 1. The highest BCUT2D eigenvalue weighted by Gasteiger charge is 2.46. The Morgan fingerprint density at radius 3 is 2.51 bits per heavy atom. The lowest BCUT2D eigenvalue weighted by atomic mass is 9.99. The Kier molecular flexibility index (Phi) is 6.46. The van der Waals surface area contributed by atoms with Crippen molar-refractivity contribution in [3.8, 4) is 16.9 Å². The Hall–Kier alpha value is -3.42. The zero-order valence-corrected chi connectivity index (χ0v) is 25.9. The first-order valence-electron chi connectivity index (χ1n) is 14.8. The van der Waals surface area contributed by atoms with Crippen LogP contribution in [0.5, 0.6) is 5.75 Å². The predicted molar refractivity (Wildman–Crippen MR) is 166 cm³/mol. The Labute approximate surface area is 251 Å². The van der Waals surface area contributed by atoms with Gasteiger partial charge >= 0.3 is 0 Å². The number of sulfonamides is 1. The number of hydrogen-bond donors (Lipinski definition) is 2. The normalized spacial score (nSPS) is 21.9. The second kappa shape index (κ2) is 9.80. The maximum Gasteiger partial charge on any atom is 0.235 e. The van der Waals surface area contributed by atoms with Crippen molar-refractivity contribution in [2.24, 2.45) is 0 Å². The van der Waals surface area contributed by atoms with Gasteiger partial charge in [0.2, 0.25) is 16.4 Å². The summed E-state index contributed by atoms with van der Waals surface area (Å²) in [5.74, 6) is 0.290. The fraction of sp³-hybridized carbons (Fsp3) is 0.533. The molecule has 11 nitrogen and oxygen atoms in total. The molecule has 1 atom stereocenters. The summed E-state index contributed by atoms with van der Waals surface area (Å²) < 4.78 is 51.6. The molecular weight excluding hydrogens is 573 g/mol. The first-order chi connectivity index (χ1) is 20.4. The summed E-state index contributed by atoms with van der Waals surface area (Å²) in [6, 6.07) is 3.49. The van der Waals surface area contributed by atoms with E-state index in [0.717, 1.165) is 31.6 Å². The van der Waals surface area contributed by atoms with E-state index in [-0.39, 0.29) is 12.2 Å². The van der Waals surface area contributed by atoms with Crippen LogP contribution in [0.3, 0.4) is 0 Å². The zero-order chi connectivity index (χ0) is 30.4. The first-order valence-corrected chi connectivity index (χ1v) is 16.3. The van der Waals surface area contributed by atoms with Crippen molar-refractivity contribution in [1.82, 2.24) is 14.9 Å². The summed E-state index contributed by atoms with van der Waals surface area (Å²) in [5.41, 5.74) is 2.12. The molecule has 1 unspecified atom stereocenters. The molecule has 5 heterocycles. The van der Waals surface area contributed by atoms with Crippen molar-refractivity contribution >= 4 is 43.8 Å². The summed E-state index contributed by atoms with van der Waals surface area (Å²) in [5, 5.41) is 11.3. The zero-order valence-electron chi connectivity index (χ0n) is 25.1. The molecule has 3 aromatic rings. The number of hydrogen-bond acceptors (Lipinski definition) is 10. The van der Waals surface area contributed by atoms with E-state index in [9.17, 15) is 13.5 Å². The standard InChI is InChI=1S/C30H38FN7O4S/c1-30(2)16-42-27-24(20(31)13-21-25(27)26-23(15-32-21)36(5)29(39)38(26)30)17-12-22(34-43(40,41)19-6-7-19)28(33-14-17)37-10-8-18(9-11-37)35(3)4/h12-15,18-19,29,34,39H,6-11,16H2,1-5H3. The SMILES string of the molecule is CN(C)C1CCN(c2ncc(-c3c(F)cc4ncc5c6c4c3OCC(C)(C)N6C(O)N5C)cc2NS(=O)(=O)C2CC2)CC1. The molecule has 0 bridgehead atoms. The van der Waals surface area contributed by atoms with Gasteiger partial charge in [-0.25, -0.2) is 17.8 Å². The third kappa shape index (κ3) is 4.54. The van der Waals surface area contributed by atoms with Crippen LogP contribution in [0.25, 0.3) is 22.0 Å². The molecule has 1 saturated carbocycles. The molecule has 1 saturated heterocycles. The maximum atomic E-state index is 16.1. The van der Waals surface area contributed by atoms with Gasteiger partial charge in [-0.3, -0.25) is 9.71 Å². The van der Waals surface area contributed by atoms with Crippen molar-refractivity contribution < 1.29 is 22.7 Å². The first kappa shape index (κ1) is 28.4. The van der Waals surface area contributed by atoms with Gasteiger partial charge in [0.25, 0.3) is 0 Å². The van der Waals surface area contributed by atoms with Gasteiger partial charge in [0.15, 0.2) is 5.82 Å². The monoisotopic (exact) mass is 611 g/mol. The fourth-order valence-electron chi connectivity index (χ4n) is 6.66. The Balaban J connectivity index is 1.39. The average molecular weight is 612 g/mol. The predicted octanol–water partition coefficient (Wildman–Crippen LogP) is 3.57. The summed E-state index contributed by atoms with van der Waals surface area (Å²) in [6.07, 6.45) is 5.38. The van der Waals surface area contributed by atoms with E-state index < -0.39 is 33.0 Å². The maximum absolute atomic E-state index is 16.1. The quantitative estimate of drug-likeness (QED) is 0.429. The van der Waals surface area contributed by atoms with Gasteiger partial charge in [0.1, 0.15) is 18.2 Å². The Morgan fingerprint density at radius 2 is 1.84 bits per heavy atom. The van der Waals surface area contributed by atoms with Gasteiger partial charge in [-0.1, -0.05) is 0 Å². The molecule has 2 aromatic heterocycles. The number of aliphatic hydroxyl groups excluding tert-OH is 1. The highest BCUT2D eigenvalue weighted by atomic mass is 32.2. The van der Waals surface area contributed by atoms with E-state index in [1.807, 2.05) is 18.7 Å². The largest absolute Gasteiger partial charge is 0.490 e. The van der Waals surface area contributed by atoms with E-state index in [1.54, 1.807) is 30.4 Å². The van der Waals surface area contributed by atoms with Crippen LogP contribution < -0.4 is 24.2 Å². The molecular formula is C30H38FN7O4S. The molecule has 230 valence electrons. The highest BCUT2D eigenvalue weighted by Crippen LogP contribution is 2.53. The summed E-state index contributed by atoms with van der Waals surface area (Å²) in [4.78, 5) is 17.2. The number of rotatable bonds is 6. The molecule has 13 heteroatoms. The van der Waals surface area contributed by atoms with E-state index in [0.29, 0.717) is 58.3 Å². The molecule has 2 N–H and O–H groups in total. The Bertz CT molecular complexity index is 1720. The molecule has 0 spiro atoms. The summed E-state index contributed by atoms with van der Waals surface area (Å²) in [7, 11) is 2.32. The number of halogens is 1. The van der Waals surface area contributed by atoms with Gasteiger partial charge in [0.05, 0.1) is 50.5 Å². The molecule has 7 rings (SSSR count). The molecule has 0 amide bonds. The number of piperidine rings is 1. The lowest BCUT2D eigenvalue weighted by Crippen LogP contribution is -2.54. The highest BCUT2D eigenvalue weighted by molar-refractivity contribution is 7.93. The van der Waals surface area contributed by atoms with E-state index in [1.165, 1.54) is 6.07 Å². The minimum absolute atomic E-state index is 0.172. The van der Waals surface area contributed by atoms with Crippen LogP contribution >= 0.6 is 0 Å². The van der Waals surface area contributed by atoms with Crippen molar-refractivity contribution in [3.63, 3.8) is 0 Å². The van der Waals surface area contributed by atoms with E-state index >= 15 is 4.39 Å². The number of aromatic nitrogens is 2. The van der Waals surface area contributed by atoms with Gasteiger partial charge < -0.3 is 29.4 Å². The second-order valence-electron chi connectivity index (χ2n) is 13.0. The Morgan fingerprint density at radius 1 is 1.12 bits per heavy atom. The van der Waals surface area contributed by atoms with E-state index in [4.69, 9.17) is 9.72 Å². The molecule has 1 aromatic carbocycles. The molecule has 4 aliphatic rings. The molecule has 0 radical (unpaired) electrons. The molecule has 2 fully saturated rings. The lowest BCUT2D eigenvalue weighted by molar-refractivity contribution is 0.131. The average Bonchev–Trinajstić information content (AvgIpc) is 3.79. The van der Waals surface area contributed by atoms with Crippen molar-refractivity contribution in [2.75, 3.05) is 60.3 Å². The number of nitrogens with zero attached hydrogens (tertiary/aromatic N) is 6. The minimum Gasteiger partial charge on any atom is -0.490 e. The number of anilines is 4. The van der Waals surface area contributed by atoms with Gasteiger partial charge in [0, 0.05) is 44.0 Å². The number of nitrogens with one attached hydrogen (secondary N) is 1. The van der Waals surface area contributed by atoms with Crippen LogP contribution in [0, 0.1) is 5.82 Å². The summed E-state index contributed by atoms with van der Waals surface area (Å²) in [6.45, 7) is 5.56. The van der Waals surface area contributed by atoms with Gasteiger partial charge in [-0.2, -0.15) is 0 Å². The number of pyridine rings is 2. The third-order valence-corrected chi connectivity index (χ3v) is 11.2. The van der Waals surface area contributed by atoms with Crippen LogP contribution in [0.4, 0.5) is 27.3 Å². The molecule has 43 heavy (non-hydrogen) atoms. The van der Waals surface area contributed by atoms with Crippen LogP contribution in [0.15, 0.2) is 24.5 Å².